The van der Waals surface area contributed by atoms with Gasteiger partial charge in [-0.1, -0.05) is 6.07 Å². The summed E-state index contributed by atoms with van der Waals surface area (Å²) in [5.41, 5.74) is 6.15. The van der Waals surface area contributed by atoms with Crippen LogP contribution in [0.1, 0.15) is 0 Å². The lowest BCUT2D eigenvalue weighted by Crippen LogP contribution is -2.43. The average molecular weight is 277 g/mol. The molecule has 8 heteroatoms. The Labute approximate surface area is 107 Å². The van der Waals surface area contributed by atoms with Crippen LogP contribution in [0.4, 0.5) is 29.3 Å². The number of hydrogen-bond donors (Lipinski definition) is 3. The lowest BCUT2D eigenvalue weighted by Gasteiger charge is -2.23. The van der Waals surface area contributed by atoms with Crippen molar-refractivity contribution in [1.29, 1.82) is 0 Å². The molecule has 0 aromatic heterocycles. The van der Waals surface area contributed by atoms with Gasteiger partial charge in [0.2, 0.25) is 0 Å². The van der Waals surface area contributed by atoms with Crippen molar-refractivity contribution in [2.45, 2.75) is 6.18 Å². The van der Waals surface area contributed by atoms with Gasteiger partial charge in [-0.25, -0.2) is 4.79 Å². The summed E-state index contributed by atoms with van der Waals surface area (Å²) >= 11 is 0. The summed E-state index contributed by atoms with van der Waals surface area (Å²) in [4.78, 5) is 12.1. The summed E-state index contributed by atoms with van der Waals surface area (Å²) in [6, 6.07) is 5.11. The van der Waals surface area contributed by atoms with Crippen LogP contribution < -0.4 is 11.1 Å². The molecule has 106 valence electrons. The molecule has 1 aromatic rings. The van der Waals surface area contributed by atoms with Gasteiger partial charge in [-0.15, -0.1) is 0 Å². The number of aliphatic hydroxyl groups excluding tert-OH is 1. The number of nitrogen functional groups attached to an aromatic ring is 1. The minimum absolute atomic E-state index is 0.287. The zero-order valence-electron chi connectivity index (χ0n) is 9.94. The van der Waals surface area contributed by atoms with Gasteiger partial charge >= 0.3 is 12.2 Å². The normalized spacial score (nSPS) is 11.2. The Morgan fingerprint density at radius 1 is 1.42 bits per heavy atom. The molecule has 1 aromatic carbocycles. The van der Waals surface area contributed by atoms with Gasteiger partial charge in [0, 0.05) is 17.9 Å². The number of amides is 2. The Balaban J connectivity index is 2.71. The van der Waals surface area contributed by atoms with Gasteiger partial charge in [0.15, 0.2) is 0 Å². The smallest absolute Gasteiger partial charge is 0.399 e. The quantitative estimate of drug-likeness (QED) is 0.732. The Hall–Kier alpha value is -1.96. The molecule has 5 nitrogen and oxygen atoms in total. The number of anilines is 2. The topological polar surface area (TPSA) is 78.6 Å². The second-order valence-electron chi connectivity index (χ2n) is 3.82. The van der Waals surface area contributed by atoms with Crippen molar-refractivity contribution in [3.05, 3.63) is 24.3 Å². The molecule has 4 N–H and O–H groups in total. The highest BCUT2D eigenvalue weighted by Crippen LogP contribution is 2.18. The fourth-order valence-corrected chi connectivity index (χ4v) is 1.41. The molecule has 0 aliphatic rings. The van der Waals surface area contributed by atoms with Gasteiger partial charge in [0.1, 0.15) is 6.54 Å². The van der Waals surface area contributed by atoms with Crippen LogP contribution in [0.15, 0.2) is 24.3 Å². The van der Waals surface area contributed by atoms with Crippen molar-refractivity contribution in [1.82, 2.24) is 4.90 Å². The van der Waals surface area contributed by atoms with E-state index in [1.165, 1.54) is 12.1 Å². The van der Waals surface area contributed by atoms with E-state index in [2.05, 4.69) is 5.32 Å². The summed E-state index contributed by atoms with van der Waals surface area (Å²) in [7, 11) is 0. The summed E-state index contributed by atoms with van der Waals surface area (Å²) in [6.07, 6.45) is -4.53. The van der Waals surface area contributed by atoms with Crippen LogP contribution in [0.2, 0.25) is 0 Å². The second-order valence-corrected chi connectivity index (χ2v) is 3.82. The first-order valence-electron chi connectivity index (χ1n) is 5.41. The maximum absolute atomic E-state index is 12.3. The minimum Gasteiger partial charge on any atom is -0.399 e. The number of rotatable bonds is 4. The molecule has 0 saturated heterocycles. The summed E-state index contributed by atoms with van der Waals surface area (Å²) in [6.45, 7) is -2.39. The molecule has 0 radical (unpaired) electrons. The van der Waals surface area contributed by atoms with Crippen molar-refractivity contribution in [2.24, 2.45) is 0 Å². The Morgan fingerprint density at radius 2 is 2.11 bits per heavy atom. The highest BCUT2D eigenvalue weighted by Gasteiger charge is 2.32. The van der Waals surface area contributed by atoms with Gasteiger partial charge in [-0.3, -0.25) is 0 Å². The number of urea groups is 1. The average Bonchev–Trinajstić information content (AvgIpc) is 2.26. The van der Waals surface area contributed by atoms with E-state index >= 15 is 0 Å². The van der Waals surface area contributed by atoms with Crippen molar-refractivity contribution >= 4 is 17.4 Å². The van der Waals surface area contributed by atoms with Gasteiger partial charge in [0.25, 0.3) is 0 Å². The van der Waals surface area contributed by atoms with Crippen LogP contribution in [0.5, 0.6) is 0 Å². The van der Waals surface area contributed by atoms with Crippen molar-refractivity contribution in [3.8, 4) is 0 Å². The van der Waals surface area contributed by atoms with E-state index in [9.17, 15) is 18.0 Å². The van der Waals surface area contributed by atoms with Gasteiger partial charge in [-0.2, -0.15) is 13.2 Å². The number of carbonyl (C=O) groups is 1. The molecule has 0 unspecified atom stereocenters. The molecule has 1 rings (SSSR count). The zero-order chi connectivity index (χ0) is 14.5. The maximum Gasteiger partial charge on any atom is 0.406 e. The number of nitrogens with two attached hydrogens (primary N) is 1. The summed E-state index contributed by atoms with van der Waals surface area (Å²) in [5.74, 6) is 0. The number of halogens is 3. The second kappa shape index (κ2) is 6.28. The molecule has 0 bridgehead atoms. The first-order chi connectivity index (χ1) is 8.81. The fourth-order valence-electron chi connectivity index (χ4n) is 1.41. The third-order valence-electron chi connectivity index (χ3n) is 2.17. The highest BCUT2D eigenvalue weighted by atomic mass is 19.4. The Morgan fingerprint density at radius 3 is 2.63 bits per heavy atom. The van der Waals surface area contributed by atoms with Crippen molar-refractivity contribution in [2.75, 3.05) is 30.7 Å². The number of nitrogens with one attached hydrogen (secondary N) is 1. The third kappa shape index (κ3) is 5.47. The molecular weight excluding hydrogens is 263 g/mol. The molecule has 0 fully saturated rings. The third-order valence-corrected chi connectivity index (χ3v) is 2.17. The van der Waals surface area contributed by atoms with E-state index in [0.717, 1.165) is 0 Å². The van der Waals surface area contributed by atoms with Gasteiger partial charge < -0.3 is 21.1 Å². The lowest BCUT2D eigenvalue weighted by molar-refractivity contribution is -0.140. The fraction of sp³-hybridized carbons (Fsp3) is 0.364. The molecule has 0 atom stereocenters. The zero-order valence-corrected chi connectivity index (χ0v) is 9.94. The maximum atomic E-state index is 12.3. The van der Waals surface area contributed by atoms with E-state index in [0.29, 0.717) is 10.6 Å². The molecule has 0 aliphatic carbocycles. The standard InChI is InChI=1S/C11H14F3N3O2/c12-11(13,14)7-17(4-5-18)10(19)16-9-3-1-2-8(15)6-9/h1-3,6,18H,4-5,7,15H2,(H,16,19). The molecule has 19 heavy (non-hydrogen) atoms. The SMILES string of the molecule is Nc1cccc(NC(=O)N(CCO)CC(F)(F)F)c1. The Kier molecular flexibility index (Phi) is 4.99. The van der Waals surface area contributed by atoms with E-state index < -0.39 is 31.9 Å². The Bertz CT molecular complexity index is 437. The van der Waals surface area contributed by atoms with Gasteiger partial charge in [-0.05, 0) is 18.2 Å². The van der Waals surface area contributed by atoms with E-state index in [4.69, 9.17) is 10.8 Å². The minimum atomic E-state index is -4.53. The van der Waals surface area contributed by atoms with Gasteiger partial charge in [0.05, 0.1) is 6.61 Å². The van der Waals surface area contributed by atoms with E-state index in [-0.39, 0.29) is 5.69 Å². The molecule has 2 amide bonds. The number of nitrogens with zero attached hydrogens (tertiary/aromatic N) is 1. The van der Waals surface area contributed by atoms with Crippen LogP contribution in [0.3, 0.4) is 0 Å². The molecule has 0 aliphatic heterocycles. The number of aliphatic hydroxyl groups is 1. The first-order valence-corrected chi connectivity index (χ1v) is 5.41. The van der Waals surface area contributed by atoms with Crippen LogP contribution in [0, 0.1) is 0 Å². The van der Waals surface area contributed by atoms with E-state index in [1.807, 2.05) is 0 Å². The van der Waals surface area contributed by atoms with Crippen LogP contribution in [-0.2, 0) is 0 Å². The molecule has 0 spiro atoms. The van der Waals surface area contributed by atoms with E-state index in [1.54, 1.807) is 12.1 Å². The monoisotopic (exact) mass is 277 g/mol. The number of benzene rings is 1. The molecule has 0 saturated carbocycles. The van der Waals surface area contributed by atoms with Crippen LogP contribution in [0.25, 0.3) is 0 Å². The molecule has 0 heterocycles. The van der Waals surface area contributed by atoms with Crippen LogP contribution >= 0.6 is 0 Å². The summed E-state index contributed by atoms with van der Waals surface area (Å²) in [5, 5.41) is 11.0. The van der Waals surface area contributed by atoms with Crippen molar-refractivity contribution < 1.29 is 23.1 Å². The largest absolute Gasteiger partial charge is 0.406 e. The van der Waals surface area contributed by atoms with Crippen LogP contribution in [-0.4, -0.2) is 41.9 Å². The highest BCUT2D eigenvalue weighted by molar-refractivity contribution is 5.89. The summed E-state index contributed by atoms with van der Waals surface area (Å²) < 4.78 is 36.8. The molecular formula is C11H14F3N3O2. The number of carbonyl (C=O) groups excluding carboxylic acids is 1. The predicted octanol–water partition coefficient (Wildman–Crippen LogP) is 1.66. The predicted molar refractivity (Wildman–Crippen MR) is 64.6 cm³/mol. The van der Waals surface area contributed by atoms with Crippen molar-refractivity contribution in [3.63, 3.8) is 0 Å². The number of hydrogen-bond acceptors (Lipinski definition) is 3. The first kappa shape index (κ1) is 15.1. The number of alkyl halides is 3. The lowest BCUT2D eigenvalue weighted by atomic mass is 10.3.